The molecule has 226 valence electrons. The molecule has 0 bridgehead atoms. The number of nitrogens with zero attached hydrogens (tertiary/aromatic N) is 2. The molecule has 3 rings (SSSR count). The van der Waals surface area contributed by atoms with E-state index in [9.17, 15) is 31.2 Å². The molecule has 0 saturated heterocycles. The van der Waals surface area contributed by atoms with Crippen LogP contribution in [0.2, 0.25) is 10.0 Å². The maximum atomic E-state index is 14.0. The molecule has 0 aliphatic heterocycles. The van der Waals surface area contributed by atoms with Gasteiger partial charge in [0.2, 0.25) is 21.8 Å². The molecule has 0 unspecified atom stereocenters. The van der Waals surface area contributed by atoms with Crippen molar-refractivity contribution in [2.45, 2.75) is 38.5 Å². The predicted octanol–water partition coefficient (Wildman–Crippen LogP) is 5.94. The lowest BCUT2D eigenvalue weighted by Crippen LogP contribution is -2.53. The number of benzene rings is 3. The summed E-state index contributed by atoms with van der Waals surface area (Å²) in [6, 6.07) is 17.0. The van der Waals surface area contributed by atoms with Gasteiger partial charge in [0.15, 0.2) is 0 Å². The molecule has 0 aliphatic carbocycles. The summed E-state index contributed by atoms with van der Waals surface area (Å²) >= 11 is 11.8. The van der Waals surface area contributed by atoms with Gasteiger partial charge in [0, 0.05) is 24.5 Å². The number of halogens is 5. The third-order valence-corrected chi connectivity index (χ3v) is 8.03. The van der Waals surface area contributed by atoms with Crippen LogP contribution in [-0.4, -0.2) is 50.5 Å². The summed E-state index contributed by atoms with van der Waals surface area (Å²) < 4.78 is 66.9. The average Bonchev–Trinajstić information content (AvgIpc) is 2.93. The van der Waals surface area contributed by atoms with Crippen LogP contribution in [0.4, 0.5) is 18.9 Å². The van der Waals surface area contributed by atoms with Crippen LogP contribution in [0.15, 0.2) is 72.8 Å². The van der Waals surface area contributed by atoms with Gasteiger partial charge in [-0.2, -0.15) is 13.2 Å². The number of carbonyl (C=O) groups excluding carboxylic acids is 2. The number of anilines is 1. The normalized spacial score (nSPS) is 12.5. The third-order valence-electron chi connectivity index (χ3n) is 6.31. The highest BCUT2D eigenvalue weighted by molar-refractivity contribution is 7.92. The lowest BCUT2D eigenvalue weighted by molar-refractivity contribution is -0.140. The number of sulfonamides is 1. The van der Waals surface area contributed by atoms with E-state index in [1.165, 1.54) is 4.90 Å². The molecule has 2 amide bonds. The van der Waals surface area contributed by atoms with E-state index in [0.717, 1.165) is 24.0 Å². The van der Waals surface area contributed by atoms with E-state index in [1.807, 2.05) is 6.92 Å². The van der Waals surface area contributed by atoms with E-state index in [-0.39, 0.29) is 13.0 Å². The largest absolute Gasteiger partial charge is 0.417 e. The molecular formula is C29H30Cl2F3N3O4S. The predicted molar refractivity (Wildman–Crippen MR) is 158 cm³/mol. The molecule has 0 heterocycles. The minimum atomic E-state index is -4.86. The first-order valence-electron chi connectivity index (χ1n) is 12.9. The van der Waals surface area contributed by atoms with Crippen LogP contribution in [0, 0.1) is 0 Å². The Bertz CT molecular complexity index is 1490. The summed E-state index contributed by atoms with van der Waals surface area (Å²) in [6.07, 6.45) is -3.34. The standard InChI is InChI=1S/C29H30Cl2F3N3O4S/c1-3-15-35-28(39)26(16-20-7-5-4-6-8-20)36(18-21-9-11-22(30)12-10-21)27(38)19-37(42(2,40)41)23-13-14-25(31)24(17-23)29(32,33)34/h4-14,17,26H,3,15-16,18-19H2,1-2H3,(H,35,39)/t26-/m1/s1. The Morgan fingerprint density at radius 3 is 2.17 bits per heavy atom. The smallest absolute Gasteiger partial charge is 0.354 e. The average molecular weight is 645 g/mol. The van der Waals surface area contributed by atoms with E-state index in [0.29, 0.717) is 33.9 Å². The topological polar surface area (TPSA) is 86.8 Å². The fourth-order valence-electron chi connectivity index (χ4n) is 4.21. The molecule has 0 radical (unpaired) electrons. The molecule has 0 saturated carbocycles. The zero-order chi connectivity index (χ0) is 31.1. The van der Waals surface area contributed by atoms with Crippen LogP contribution in [0.3, 0.4) is 0 Å². The van der Waals surface area contributed by atoms with Crippen LogP contribution < -0.4 is 9.62 Å². The molecule has 1 N–H and O–H groups in total. The fourth-order valence-corrected chi connectivity index (χ4v) is 5.40. The summed E-state index contributed by atoms with van der Waals surface area (Å²) in [7, 11) is -4.26. The van der Waals surface area contributed by atoms with Crippen molar-refractivity contribution in [1.29, 1.82) is 0 Å². The maximum Gasteiger partial charge on any atom is 0.417 e. The zero-order valence-corrected chi connectivity index (χ0v) is 25.2. The van der Waals surface area contributed by atoms with Crippen molar-refractivity contribution in [3.05, 3.63) is 99.5 Å². The summed E-state index contributed by atoms with van der Waals surface area (Å²) in [5.74, 6) is -1.26. The van der Waals surface area contributed by atoms with Crippen molar-refractivity contribution in [2.75, 3.05) is 23.7 Å². The Balaban J connectivity index is 2.08. The zero-order valence-electron chi connectivity index (χ0n) is 22.9. The van der Waals surface area contributed by atoms with Gasteiger partial charge in [0.05, 0.1) is 22.5 Å². The molecule has 3 aromatic rings. The van der Waals surface area contributed by atoms with Crippen molar-refractivity contribution in [2.24, 2.45) is 0 Å². The Kier molecular flexibility index (Phi) is 11.3. The van der Waals surface area contributed by atoms with Gasteiger partial charge < -0.3 is 10.2 Å². The summed E-state index contributed by atoms with van der Waals surface area (Å²) in [4.78, 5) is 28.6. The Hall–Kier alpha value is -3.28. The first-order valence-corrected chi connectivity index (χ1v) is 15.5. The number of nitrogens with one attached hydrogen (secondary N) is 1. The van der Waals surface area contributed by atoms with Gasteiger partial charge in [-0.3, -0.25) is 13.9 Å². The van der Waals surface area contributed by atoms with E-state index in [1.54, 1.807) is 54.6 Å². The molecule has 13 heteroatoms. The van der Waals surface area contributed by atoms with Gasteiger partial charge >= 0.3 is 6.18 Å². The number of amides is 2. The second-order valence-corrected chi connectivity index (χ2v) is 12.3. The van der Waals surface area contributed by atoms with Crippen molar-refractivity contribution in [1.82, 2.24) is 10.2 Å². The molecule has 42 heavy (non-hydrogen) atoms. The minimum absolute atomic E-state index is 0.0981. The van der Waals surface area contributed by atoms with E-state index < -0.39 is 56.9 Å². The Labute approximate surface area is 253 Å². The second kappa shape index (κ2) is 14.3. The molecule has 0 aromatic heterocycles. The van der Waals surface area contributed by atoms with Gasteiger partial charge in [-0.1, -0.05) is 72.6 Å². The van der Waals surface area contributed by atoms with Gasteiger partial charge in [0.25, 0.3) is 0 Å². The number of alkyl halides is 3. The van der Waals surface area contributed by atoms with Crippen LogP contribution >= 0.6 is 23.2 Å². The van der Waals surface area contributed by atoms with Crippen molar-refractivity contribution >= 4 is 50.7 Å². The van der Waals surface area contributed by atoms with Gasteiger partial charge in [-0.05, 0) is 47.9 Å². The lowest BCUT2D eigenvalue weighted by Gasteiger charge is -2.33. The molecule has 7 nitrogen and oxygen atoms in total. The third kappa shape index (κ3) is 9.11. The summed E-state index contributed by atoms with van der Waals surface area (Å²) in [6.45, 7) is 1.25. The number of carbonyl (C=O) groups is 2. The lowest BCUT2D eigenvalue weighted by atomic mass is 10.0. The quantitative estimate of drug-likeness (QED) is 0.264. The van der Waals surface area contributed by atoms with E-state index >= 15 is 0 Å². The van der Waals surface area contributed by atoms with Crippen molar-refractivity contribution < 1.29 is 31.2 Å². The van der Waals surface area contributed by atoms with Crippen LogP contribution in [0.1, 0.15) is 30.0 Å². The number of hydrogen-bond donors (Lipinski definition) is 1. The molecule has 1 atom stereocenters. The van der Waals surface area contributed by atoms with Gasteiger partial charge in [0.1, 0.15) is 12.6 Å². The molecular weight excluding hydrogens is 614 g/mol. The summed E-state index contributed by atoms with van der Waals surface area (Å²) in [5, 5.41) is 2.63. The van der Waals surface area contributed by atoms with E-state index in [4.69, 9.17) is 23.2 Å². The SMILES string of the molecule is CCCNC(=O)[C@@H](Cc1ccccc1)N(Cc1ccc(Cl)cc1)C(=O)CN(c1ccc(Cl)c(C(F)(F)F)c1)S(C)(=O)=O. The first kappa shape index (κ1) is 33.2. The highest BCUT2D eigenvalue weighted by atomic mass is 35.5. The van der Waals surface area contributed by atoms with E-state index in [2.05, 4.69) is 5.32 Å². The Morgan fingerprint density at radius 1 is 0.952 bits per heavy atom. The first-order chi connectivity index (χ1) is 19.7. The molecule has 0 aliphatic rings. The van der Waals surface area contributed by atoms with Crippen molar-refractivity contribution in [3.8, 4) is 0 Å². The van der Waals surface area contributed by atoms with Crippen molar-refractivity contribution in [3.63, 3.8) is 0 Å². The van der Waals surface area contributed by atoms with Crippen LogP contribution in [0.5, 0.6) is 0 Å². The highest BCUT2D eigenvalue weighted by Gasteiger charge is 2.36. The minimum Gasteiger partial charge on any atom is -0.354 e. The number of hydrogen-bond acceptors (Lipinski definition) is 4. The summed E-state index contributed by atoms with van der Waals surface area (Å²) in [5.41, 5.74) is -0.299. The highest BCUT2D eigenvalue weighted by Crippen LogP contribution is 2.37. The fraction of sp³-hybridized carbons (Fsp3) is 0.310. The van der Waals surface area contributed by atoms with Crippen LogP contribution in [0.25, 0.3) is 0 Å². The molecule has 3 aromatic carbocycles. The molecule has 0 fully saturated rings. The Morgan fingerprint density at radius 2 is 1.60 bits per heavy atom. The van der Waals surface area contributed by atoms with Gasteiger partial charge in [-0.25, -0.2) is 8.42 Å². The molecule has 0 spiro atoms. The van der Waals surface area contributed by atoms with Crippen LogP contribution in [-0.2, 0) is 38.8 Å². The second-order valence-electron chi connectivity index (χ2n) is 9.58. The van der Waals surface area contributed by atoms with Gasteiger partial charge in [-0.15, -0.1) is 0 Å². The number of rotatable bonds is 12. The maximum absolute atomic E-state index is 14.0. The monoisotopic (exact) mass is 643 g/mol.